The number of imidazole rings is 1. The molecule has 1 atom stereocenters. The number of nitrogens with zero attached hydrogens (tertiary/aromatic N) is 4. The Kier molecular flexibility index (Phi) is 5.55. The Morgan fingerprint density at radius 3 is 2.56 bits per heavy atom. The normalized spacial score (nSPS) is 15.4. The second kappa shape index (κ2) is 8.82. The van der Waals surface area contributed by atoms with E-state index in [1.54, 1.807) is 33.8 Å². The fraction of sp³-hybridized carbons (Fsp3) is 0.154. The van der Waals surface area contributed by atoms with E-state index in [0.717, 1.165) is 24.2 Å². The molecule has 3 N–H and O–H groups in total. The lowest BCUT2D eigenvalue weighted by atomic mass is 10.1. The number of hydrogen-bond donors (Lipinski definition) is 2. The molecule has 0 radical (unpaired) electrons. The first-order valence-corrected chi connectivity index (χ1v) is 11.1. The molecule has 2 aromatic carbocycles. The van der Waals surface area contributed by atoms with Crippen LogP contribution in [0.2, 0.25) is 0 Å². The van der Waals surface area contributed by atoms with Crippen LogP contribution in [0.25, 0.3) is 5.52 Å². The second-order valence-electron chi connectivity index (χ2n) is 8.14. The Morgan fingerprint density at radius 1 is 1.09 bits per heavy atom. The number of aromatic nitrogens is 3. The summed E-state index contributed by atoms with van der Waals surface area (Å²) in [4.78, 5) is 36.5. The summed E-state index contributed by atoms with van der Waals surface area (Å²) in [5.74, 6) is 0.402. The minimum Gasteiger partial charge on any atom is -0.382 e. The van der Waals surface area contributed by atoms with E-state index in [1.807, 2.05) is 42.5 Å². The first-order valence-electron chi connectivity index (χ1n) is 11.1. The number of likely N-dealkylation sites (tertiary alicyclic amines) is 1. The number of rotatable bonds is 6. The zero-order chi connectivity index (χ0) is 23.7. The van der Waals surface area contributed by atoms with Gasteiger partial charge in [-0.05, 0) is 55.3 Å². The lowest BCUT2D eigenvalue weighted by Crippen LogP contribution is -2.29. The average Bonchev–Trinajstić information content (AvgIpc) is 3.50. The van der Waals surface area contributed by atoms with Gasteiger partial charge in [-0.25, -0.2) is 9.97 Å². The summed E-state index contributed by atoms with van der Waals surface area (Å²) >= 11 is 0. The van der Waals surface area contributed by atoms with Gasteiger partial charge in [-0.3, -0.25) is 14.0 Å². The van der Waals surface area contributed by atoms with Crippen molar-refractivity contribution in [1.29, 1.82) is 0 Å². The van der Waals surface area contributed by atoms with E-state index >= 15 is 0 Å². The third-order valence-electron chi connectivity index (χ3n) is 6.04. The molecule has 3 heterocycles. The molecule has 1 aliphatic heterocycles. The number of benzene rings is 2. The Morgan fingerprint density at radius 2 is 1.82 bits per heavy atom. The predicted molar refractivity (Wildman–Crippen MR) is 131 cm³/mol. The number of amides is 1. The van der Waals surface area contributed by atoms with Crippen molar-refractivity contribution in [2.75, 3.05) is 17.6 Å². The summed E-state index contributed by atoms with van der Waals surface area (Å²) in [5.41, 5.74) is 9.17. The fourth-order valence-electron chi connectivity index (χ4n) is 4.43. The van der Waals surface area contributed by atoms with Gasteiger partial charge in [-0.1, -0.05) is 24.8 Å². The van der Waals surface area contributed by atoms with Crippen LogP contribution in [0.1, 0.15) is 40.8 Å². The first kappa shape index (κ1) is 21.4. The molecule has 1 fully saturated rings. The summed E-state index contributed by atoms with van der Waals surface area (Å²) in [7, 11) is 0. The smallest absolute Gasteiger partial charge is 0.246 e. The fourth-order valence-corrected chi connectivity index (χ4v) is 4.43. The molecule has 4 aromatic rings. The lowest BCUT2D eigenvalue weighted by Gasteiger charge is -2.22. The monoisotopic (exact) mass is 452 g/mol. The molecular weight excluding hydrogens is 428 g/mol. The molecule has 0 unspecified atom stereocenters. The van der Waals surface area contributed by atoms with Gasteiger partial charge >= 0.3 is 0 Å². The molecule has 5 rings (SSSR count). The standard InChI is InChI=1S/C26H24N6O2/c1-2-21(33)31-15-6-9-20(31)26-30-22(23-25(27)28-14-16-32(23)26)24(34)17-10-12-19(13-11-17)29-18-7-4-3-5-8-18/h2-5,7-8,10-14,16,20,29H,1,6,9,15H2,(H2,27,28)/t20-/m0/s1. The van der Waals surface area contributed by atoms with Crippen molar-refractivity contribution in [3.8, 4) is 0 Å². The van der Waals surface area contributed by atoms with E-state index in [1.165, 1.54) is 6.08 Å². The van der Waals surface area contributed by atoms with Crippen LogP contribution >= 0.6 is 0 Å². The van der Waals surface area contributed by atoms with Crippen molar-refractivity contribution >= 4 is 34.4 Å². The van der Waals surface area contributed by atoms with Gasteiger partial charge in [0.2, 0.25) is 11.7 Å². The van der Waals surface area contributed by atoms with Gasteiger partial charge in [0.1, 0.15) is 22.9 Å². The van der Waals surface area contributed by atoms with Crippen molar-refractivity contribution in [2.24, 2.45) is 0 Å². The van der Waals surface area contributed by atoms with E-state index < -0.39 is 0 Å². The number of nitrogens with two attached hydrogens (primary N) is 1. The van der Waals surface area contributed by atoms with Gasteiger partial charge in [-0.15, -0.1) is 0 Å². The quantitative estimate of drug-likeness (QED) is 0.337. The third-order valence-corrected chi connectivity index (χ3v) is 6.04. The van der Waals surface area contributed by atoms with E-state index in [-0.39, 0.29) is 29.2 Å². The molecule has 170 valence electrons. The number of carbonyl (C=O) groups is 2. The molecule has 8 nitrogen and oxygen atoms in total. The summed E-state index contributed by atoms with van der Waals surface area (Å²) < 4.78 is 1.78. The molecule has 1 saturated heterocycles. The Labute approximate surface area is 196 Å². The first-order chi connectivity index (χ1) is 16.6. The molecule has 0 bridgehead atoms. The van der Waals surface area contributed by atoms with Crippen LogP contribution in [-0.2, 0) is 4.79 Å². The molecule has 0 spiro atoms. The van der Waals surface area contributed by atoms with Crippen LogP contribution in [-0.4, -0.2) is 37.5 Å². The van der Waals surface area contributed by atoms with Crippen LogP contribution in [0.5, 0.6) is 0 Å². The van der Waals surface area contributed by atoms with Crippen LogP contribution in [0.15, 0.2) is 79.6 Å². The number of nitrogens with one attached hydrogen (secondary N) is 1. The van der Waals surface area contributed by atoms with E-state index in [4.69, 9.17) is 10.7 Å². The molecule has 1 amide bonds. The van der Waals surface area contributed by atoms with E-state index in [0.29, 0.717) is 23.4 Å². The summed E-state index contributed by atoms with van der Waals surface area (Å²) in [6, 6.07) is 16.7. The topological polar surface area (TPSA) is 106 Å². The number of fused-ring (bicyclic) bond motifs is 1. The highest BCUT2D eigenvalue weighted by atomic mass is 16.2. The zero-order valence-corrected chi connectivity index (χ0v) is 18.5. The largest absolute Gasteiger partial charge is 0.382 e. The molecule has 0 saturated carbocycles. The minimum absolute atomic E-state index is 0.157. The number of ketones is 1. The van der Waals surface area contributed by atoms with E-state index in [2.05, 4.69) is 16.9 Å². The van der Waals surface area contributed by atoms with Crippen LogP contribution in [0.3, 0.4) is 0 Å². The van der Waals surface area contributed by atoms with Gasteiger partial charge in [-0.2, -0.15) is 0 Å². The summed E-state index contributed by atoms with van der Waals surface area (Å²) in [5, 5.41) is 3.30. The molecule has 8 heteroatoms. The van der Waals surface area contributed by atoms with Gasteiger partial charge in [0.25, 0.3) is 0 Å². The number of carbonyl (C=O) groups excluding carboxylic acids is 2. The maximum absolute atomic E-state index is 13.5. The molecule has 1 aliphatic rings. The number of nitrogen functional groups attached to an aromatic ring is 1. The second-order valence-corrected chi connectivity index (χ2v) is 8.14. The maximum Gasteiger partial charge on any atom is 0.246 e. The third kappa shape index (κ3) is 3.79. The zero-order valence-electron chi connectivity index (χ0n) is 18.5. The van der Waals surface area contributed by atoms with Crippen molar-refractivity contribution in [2.45, 2.75) is 18.9 Å². The molecule has 0 aliphatic carbocycles. The number of para-hydroxylation sites is 1. The average molecular weight is 453 g/mol. The van der Waals surface area contributed by atoms with Crippen LogP contribution in [0.4, 0.5) is 17.2 Å². The van der Waals surface area contributed by atoms with Crippen molar-refractivity contribution < 1.29 is 9.59 Å². The van der Waals surface area contributed by atoms with Gasteiger partial charge in [0.15, 0.2) is 0 Å². The minimum atomic E-state index is -0.265. The van der Waals surface area contributed by atoms with Crippen molar-refractivity contribution in [3.05, 3.63) is 96.7 Å². The highest BCUT2D eigenvalue weighted by molar-refractivity contribution is 6.13. The molecule has 34 heavy (non-hydrogen) atoms. The number of hydrogen-bond acceptors (Lipinski definition) is 6. The van der Waals surface area contributed by atoms with E-state index in [9.17, 15) is 9.59 Å². The highest BCUT2D eigenvalue weighted by Crippen LogP contribution is 2.34. The van der Waals surface area contributed by atoms with Crippen LogP contribution < -0.4 is 11.1 Å². The highest BCUT2D eigenvalue weighted by Gasteiger charge is 2.34. The van der Waals surface area contributed by atoms with Gasteiger partial charge < -0.3 is 16.0 Å². The van der Waals surface area contributed by atoms with Crippen molar-refractivity contribution in [3.63, 3.8) is 0 Å². The Bertz CT molecular complexity index is 1380. The Balaban J connectivity index is 1.51. The van der Waals surface area contributed by atoms with Gasteiger partial charge in [0, 0.05) is 35.9 Å². The SMILES string of the molecule is C=CC(=O)N1CCC[C@H]1c1nc(C(=O)c2ccc(Nc3ccccc3)cc2)c2c(N)nccn12. The maximum atomic E-state index is 13.5. The number of anilines is 3. The van der Waals surface area contributed by atoms with Gasteiger partial charge in [0.05, 0.1) is 6.04 Å². The summed E-state index contributed by atoms with van der Waals surface area (Å²) in [6.45, 7) is 4.22. The molecular formula is C26H24N6O2. The van der Waals surface area contributed by atoms with Crippen molar-refractivity contribution in [1.82, 2.24) is 19.3 Å². The molecule has 2 aromatic heterocycles. The predicted octanol–water partition coefficient (Wildman–Crippen LogP) is 4.14. The lowest BCUT2D eigenvalue weighted by molar-refractivity contribution is -0.127. The Hall–Kier alpha value is -4.46. The summed E-state index contributed by atoms with van der Waals surface area (Å²) in [6.07, 6.45) is 6.20. The van der Waals surface area contributed by atoms with Crippen LogP contribution in [0, 0.1) is 0 Å².